The second kappa shape index (κ2) is 5.76. The van der Waals surface area contributed by atoms with Crippen LogP contribution in [-0.2, 0) is 4.74 Å². The van der Waals surface area contributed by atoms with E-state index in [9.17, 15) is 0 Å². The van der Waals surface area contributed by atoms with E-state index in [2.05, 4.69) is 36.1 Å². The lowest BCUT2D eigenvalue weighted by Gasteiger charge is -2.31. The van der Waals surface area contributed by atoms with Gasteiger partial charge in [-0.1, -0.05) is 0 Å². The number of nitrogens with one attached hydrogen (secondary N) is 1. The lowest BCUT2D eigenvalue weighted by atomic mass is 10.2. The monoisotopic (exact) mass is 298 g/mol. The van der Waals surface area contributed by atoms with Crippen LogP contribution in [0.2, 0.25) is 0 Å². The Labute approximate surface area is 129 Å². The Morgan fingerprint density at radius 1 is 1.05 bits per heavy atom. The highest BCUT2D eigenvalue weighted by Gasteiger charge is 2.20. The van der Waals surface area contributed by atoms with Gasteiger partial charge in [0.1, 0.15) is 5.82 Å². The number of fused-ring (bicyclic) bond motifs is 1. The summed E-state index contributed by atoms with van der Waals surface area (Å²) in [6.45, 7) is 4.90. The van der Waals surface area contributed by atoms with E-state index in [0.717, 1.165) is 62.5 Å². The van der Waals surface area contributed by atoms with Crippen molar-refractivity contribution in [2.24, 2.45) is 0 Å². The van der Waals surface area contributed by atoms with Crippen LogP contribution in [0, 0.1) is 0 Å². The lowest BCUT2D eigenvalue weighted by Crippen LogP contribution is -2.37. The highest BCUT2D eigenvalue weighted by Crippen LogP contribution is 2.32. The molecule has 0 bridgehead atoms. The van der Waals surface area contributed by atoms with Crippen molar-refractivity contribution >= 4 is 23.1 Å². The maximum absolute atomic E-state index is 5.36. The SMILES string of the molecule is c1cnc2c(c1)N(c1cnc(N3CCOCC3)nc1)CCN2. The maximum Gasteiger partial charge on any atom is 0.225 e. The van der Waals surface area contributed by atoms with Gasteiger partial charge in [0.25, 0.3) is 0 Å². The fraction of sp³-hybridized carbons (Fsp3) is 0.400. The smallest absolute Gasteiger partial charge is 0.225 e. The van der Waals surface area contributed by atoms with Gasteiger partial charge in [0.2, 0.25) is 5.95 Å². The number of aromatic nitrogens is 3. The highest BCUT2D eigenvalue weighted by molar-refractivity contribution is 5.75. The van der Waals surface area contributed by atoms with Crippen LogP contribution in [0.3, 0.4) is 0 Å². The van der Waals surface area contributed by atoms with Crippen molar-refractivity contribution < 1.29 is 4.74 Å². The molecule has 0 amide bonds. The third-order valence-electron chi connectivity index (χ3n) is 3.94. The van der Waals surface area contributed by atoms with Crippen molar-refractivity contribution in [1.29, 1.82) is 0 Å². The van der Waals surface area contributed by atoms with Crippen LogP contribution < -0.4 is 15.1 Å². The molecule has 22 heavy (non-hydrogen) atoms. The third-order valence-corrected chi connectivity index (χ3v) is 3.94. The van der Waals surface area contributed by atoms with Gasteiger partial charge in [-0.2, -0.15) is 0 Å². The zero-order chi connectivity index (χ0) is 14.8. The summed E-state index contributed by atoms with van der Waals surface area (Å²) in [5.74, 6) is 1.68. The summed E-state index contributed by atoms with van der Waals surface area (Å²) >= 11 is 0. The zero-order valence-electron chi connectivity index (χ0n) is 12.3. The maximum atomic E-state index is 5.36. The minimum Gasteiger partial charge on any atom is -0.378 e. The number of pyridine rings is 1. The van der Waals surface area contributed by atoms with Gasteiger partial charge in [-0.25, -0.2) is 15.0 Å². The molecule has 0 aromatic carbocycles. The molecule has 0 spiro atoms. The summed E-state index contributed by atoms with van der Waals surface area (Å²) in [5.41, 5.74) is 2.06. The fourth-order valence-corrected chi connectivity index (χ4v) is 2.81. The second-order valence-corrected chi connectivity index (χ2v) is 5.29. The Hall–Kier alpha value is -2.41. The number of nitrogens with zero attached hydrogens (tertiary/aromatic N) is 5. The zero-order valence-corrected chi connectivity index (χ0v) is 12.3. The molecule has 2 aromatic rings. The summed E-state index contributed by atoms with van der Waals surface area (Å²) in [4.78, 5) is 17.8. The molecule has 2 aliphatic rings. The van der Waals surface area contributed by atoms with Crippen LogP contribution in [0.15, 0.2) is 30.7 Å². The quantitative estimate of drug-likeness (QED) is 0.895. The van der Waals surface area contributed by atoms with Gasteiger partial charge in [-0.15, -0.1) is 0 Å². The molecule has 1 N–H and O–H groups in total. The normalized spacial score (nSPS) is 17.8. The van der Waals surface area contributed by atoms with E-state index in [1.807, 2.05) is 18.5 Å². The predicted octanol–water partition coefficient (Wildman–Crippen LogP) is 1.27. The first-order valence-corrected chi connectivity index (χ1v) is 7.53. The molecule has 7 heteroatoms. The third kappa shape index (κ3) is 2.43. The van der Waals surface area contributed by atoms with Crippen LogP contribution >= 0.6 is 0 Å². The molecule has 7 nitrogen and oxygen atoms in total. The molecule has 0 atom stereocenters. The molecule has 1 fully saturated rings. The molecule has 0 aliphatic carbocycles. The van der Waals surface area contributed by atoms with Gasteiger partial charge in [-0.05, 0) is 12.1 Å². The number of rotatable bonds is 2. The van der Waals surface area contributed by atoms with Crippen molar-refractivity contribution in [2.75, 3.05) is 54.5 Å². The average molecular weight is 298 g/mol. The van der Waals surface area contributed by atoms with E-state index in [0.29, 0.717) is 0 Å². The number of hydrogen-bond acceptors (Lipinski definition) is 7. The second-order valence-electron chi connectivity index (χ2n) is 5.29. The Balaban J connectivity index is 1.59. The Kier molecular flexibility index (Phi) is 3.48. The van der Waals surface area contributed by atoms with Gasteiger partial charge < -0.3 is 19.9 Å². The topological polar surface area (TPSA) is 66.4 Å². The van der Waals surface area contributed by atoms with Crippen LogP contribution in [-0.4, -0.2) is 54.3 Å². The number of ether oxygens (including phenoxy) is 1. The predicted molar refractivity (Wildman–Crippen MR) is 84.8 cm³/mol. The van der Waals surface area contributed by atoms with Gasteiger partial charge in [0, 0.05) is 32.4 Å². The summed E-state index contributed by atoms with van der Waals surface area (Å²) in [6.07, 6.45) is 5.58. The molecular weight excluding hydrogens is 280 g/mol. The fourth-order valence-electron chi connectivity index (χ4n) is 2.81. The van der Waals surface area contributed by atoms with E-state index < -0.39 is 0 Å². The van der Waals surface area contributed by atoms with E-state index in [-0.39, 0.29) is 0 Å². The molecule has 0 radical (unpaired) electrons. The summed E-state index contributed by atoms with van der Waals surface area (Å²) in [7, 11) is 0. The van der Waals surface area contributed by atoms with Gasteiger partial charge in [0.05, 0.1) is 37.0 Å². The average Bonchev–Trinajstić information content (AvgIpc) is 2.62. The Morgan fingerprint density at radius 3 is 2.68 bits per heavy atom. The van der Waals surface area contributed by atoms with Crippen molar-refractivity contribution in [3.05, 3.63) is 30.7 Å². The van der Waals surface area contributed by atoms with Crippen molar-refractivity contribution in [3.63, 3.8) is 0 Å². The van der Waals surface area contributed by atoms with E-state index >= 15 is 0 Å². The molecular formula is C15H18N6O. The van der Waals surface area contributed by atoms with Gasteiger partial charge >= 0.3 is 0 Å². The van der Waals surface area contributed by atoms with Crippen molar-refractivity contribution in [2.45, 2.75) is 0 Å². The van der Waals surface area contributed by atoms with Crippen molar-refractivity contribution in [3.8, 4) is 0 Å². The molecule has 2 aliphatic heterocycles. The first-order chi connectivity index (χ1) is 10.9. The van der Waals surface area contributed by atoms with Gasteiger partial charge in [0.15, 0.2) is 0 Å². The van der Waals surface area contributed by atoms with Crippen LogP contribution in [0.25, 0.3) is 0 Å². The first kappa shape index (κ1) is 13.3. The lowest BCUT2D eigenvalue weighted by molar-refractivity contribution is 0.122. The minimum atomic E-state index is 0.738. The summed E-state index contributed by atoms with van der Waals surface area (Å²) in [5, 5.41) is 3.31. The van der Waals surface area contributed by atoms with E-state index in [4.69, 9.17) is 4.74 Å². The number of morpholine rings is 1. The van der Waals surface area contributed by atoms with Crippen LogP contribution in [0.1, 0.15) is 0 Å². The standard InChI is InChI=1S/C15H18N6O/c1-2-13-14(16-3-1)17-4-5-21(13)12-10-18-15(19-11-12)20-6-8-22-9-7-20/h1-3,10-11H,4-9H2,(H,16,17). The molecule has 0 saturated carbocycles. The highest BCUT2D eigenvalue weighted by atomic mass is 16.5. The molecule has 4 rings (SSSR count). The van der Waals surface area contributed by atoms with E-state index in [1.165, 1.54) is 0 Å². The summed E-state index contributed by atoms with van der Waals surface area (Å²) in [6, 6.07) is 4.01. The molecule has 114 valence electrons. The van der Waals surface area contributed by atoms with Crippen LogP contribution in [0.4, 0.5) is 23.1 Å². The molecule has 4 heterocycles. The summed E-state index contributed by atoms with van der Waals surface area (Å²) < 4.78 is 5.36. The largest absolute Gasteiger partial charge is 0.378 e. The first-order valence-electron chi connectivity index (χ1n) is 7.53. The molecule has 1 saturated heterocycles. The minimum absolute atomic E-state index is 0.738. The molecule has 0 unspecified atom stereocenters. The van der Waals surface area contributed by atoms with Gasteiger partial charge in [-0.3, -0.25) is 0 Å². The molecule has 2 aromatic heterocycles. The number of hydrogen-bond donors (Lipinski definition) is 1. The Morgan fingerprint density at radius 2 is 1.86 bits per heavy atom. The van der Waals surface area contributed by atoms with Crippen LogP contribution in [0.5, 0.6) is 0 Å². The van der Waals surface area contributed by atoms with E-state index in [1.54, 1.807) is 6.20 Å². The Bertz CT molecular complexity index is 641. The number of anilines is 4. The van der Waals surface area contributed by atoms with Crippen molar-refractivity contribution in [1.82, 2.24) is 15.0 Å².